The van der Waals surface area contributed by atoms with Gasteiger partial charge >= 0.3 is 6.18 Å². The predicted octanol–water partition coefficient (Wildman–Crippen LogP) is 2.91. The highest BCUT2D eigenvalue weighted by molar-refractivity contribution is 6.29. The summed E-state index contributed by atoms with van der Waals surface area (Å²) in [5.41, 5.74) is 3.06. The van der Waals surface area contributed by atoms with Gasteiger partial charge in [0, 0.05) is 0 Å². The van der Waals surface area contributed by atoms with Gasteiger partial charge in [0.15, 0.2) is 0 Å². The van der Waals surface area contributed by atoms with E-state index in [9.17, 15) is 18.0 Å². The molecule has 9 heteroatoms. The van der Waals surface area contributed by atoms with Crippen LogP contribution in [-0.2, 0) is 6.18 Å². The summed E-state index contributed by atoms with van der Waals surface area (Å²) in [5.74, 6) is -0.740. The molecule has 1 amide bonds. The van der Waals surface area contributed by atoms with Gasteiger partial charge in [0.25, 0.3) is 5.91 Å². The Morgan fingerprint density at radius 2 is 1.86 bits per heavy atom. The molecule has 0 aliphatic rings. The molecule has 0 aliphatic heterocycles. The number of rotatable bonds is 3. The van der Waals surface area contributed by atoms with Crippen LogP contribution in [0.25, 0.3) is 0 Å². The molecule has 1 heterocycles. The minimum atomic E-state index is -4.53. The quantitative estimate of drug-likeness (QED) is 0.854. The molecule has 0 saturated carbocycles. The fraction of sp³-hybridized carbons (Fsp3) is 0.0833. The molecule has 0 radical (unpaired) electrons. The van der Waals surface area contributed by atoms with Crippen molar-refractivity contribution in [3.05, 3.63) is 53.1 Å². The van der Waals surface area contributed by atoms with Crippen LogP contribution < -0.4 is 10.9 Å². The van der Waals surface area contributed by atoms with Crippen molar-refractivity contribution < 1.29 is 18.0 Å². The van der Waals surface area contributed by atoms with Crippen molar-refractivity contribution in [2.45, 2.75) is 6.18 Å². The van der Waals surface area contributed by atoms with E-state index in [1.807, 2.05) is 0 Å². The molecular formula is C12H8ClF3N4O. The summed E-state index contributed by atoms with van der Waals surface area (Å²) < 4.78 is 38.3. The lowest BCUT2D eigenvalue weighted by atomic mass is 10.2. The lowest BCUT2D eigenvalue weighted by molar-refractivity contribution is -0.137. The fourth-order valence-corrected chi connectivity index (χ4v) is 1.55. The second kappa shape index (κ2) is 5.96. The number of para-hydroxylation sites is 1. The van der Waals surface area contributed by atoms with Crippen molar-refractivity contribution in [3.8, 4) is 0 Å². The van der Waals surface area contributed by atoms with Crippen molar-refractivity contribution in [1.82, 2.24) is 15.4 Å². The standard InChI is InChI=1S/C12H8ClF3N4O/c13-10-6-17-9(5-18-10)11(21)20-19-8-4-2-1-3-7(8)12(14,15)16/h1-6,19H,(H,20,21). The number of anilines is 1. The first-order chi connectivity index (χ1) is 9.88. The molecule has 0 aliphatic carbocycles. The number of benzene rings is 1. The lowest BCUT2D eigenvalue weighted by Crippen LogP contribution is -2.31. The van der Waals surface area contributed by atoms with Crippen molar-refractivity contribution in [1.29, 1.82) is 0 Å². The van der Waals surface area contributed by atoms with E-state index in [4.69, 9.17) is 11.6 Å². The fourth-order valence-electron chi connectivity index (χ4n) is 1.46. The van der Waals surface area contributed by atoms with Crippen LogP contribution in [0.15, 0.2) is 36.7 Å². The molecule has 0 bridgehead atoms. The summed E-state index contributed by atoms with van der Waals surface area (Å²) in [6, 6.07) is 4.75. The van der Waals surface area contributed by atoms with E-state index in [1.165, 1.54) is 18.2 Å². The molecule has 0 fully saturated rings. The summed E-state index contributed by atoms with van der Waals surface area (Å²) in [6.45, 7) is 0. The lowest BCUT2D eigenvalue weighted by Gasteiger charge is -2.14. The number of amides is 1. The highest BCUT2D eigenvalue weighted by Gasteiger charge is 2.33. The van der Waals surface area contributed by atoms with Gasteiger partial charge in [-0.05, 0) is 12.1 Å². The van der Waals surface area contributed by atoms with Crippen LogP contribution in [0, 0.1) is 0 Å². The van der Waals surface area contributed by atoms with Gasteiger partial charge in [-0.25, -0.2) is 9.97 Å². The van der Waals surface area contributed by atoms with Gasteiger partial charge in [0.05, 0.1) is 23.6 Å². The number of carbonyl (C=O) groups excluding carboxylic acids is 1. The summed E-state index contributed by atoms with van der Waals surface area (Å²) in [7, 11) is 0. The topological polar surface area (TPSA) is 66.9 Å². The second-order valence-corrected chi connectivity index (χ2v) is 4.23. The van der Waals surface area contributed by atoms with Crippen LogP contribution in [-0.4, -0.2) is 15.9 Å². The monoisotopic (exact) mass is 316 g/mol. The van der Waals surface area contributed by atoms with Gasteiger partial charge in [-0.3, -0.25) is 15.6 Å². The zero-order chi connectivity index (χ0) is 15.5. The SMILES string of the molecule is O=C(NNc1ccccc1C(F)(F)F)c1cnc(Cl)cn1. The van der Waals surface area contributed by atoms with Gasteiger partial charge in [-0.15, -0.1) is 0 Å². The molecule has 2 rings (SSSR count). The van der Waals surface area contributed by atoms with Crippen LogP contribution >= 0.6 is 11.6 Å². The van der Waals surface area contributed by atoms with E-state index in [0.29, 0.717) is 0 Å². The molecule has 110 valence electrons. The van der Waals surface area contributed by atoms with E-state index in [1.54, 1.807) is 0 Å². The Labute approximate surface area is 122 Å². The Kier molecular flexibility index (Phi) is 4.27. The Bertz CT molecular complexity index is 646. The maximum Gasteiger partial charge on any atom is 0.418 e. The van der Waals surface area contributed by atoms with Crippen molar-refractivity contribution in [2.24, 2.45) is 0 Å². The van der Waals surface area contributed by atoms with Crippen LogP contribution in [0.5, 0.6) is 0 Å². The average molecular weight is 317 g/mol. The van der Waals surface area contributed by atoms with Gasteiger partial charge in [-0.1, -0.05) is 23.7 Å². The molecule has 2 aromatic rings. The highest BCUT2D eigenvalue weighted by atomic mass is 35.5. The van der Waals surface area contributed by atoms with Crippen LogP contribution in [0.4, 0.5) is 18.9 Å². The maximum absolute atomic E-state index is 12.8. The summed E-state index contributed by atoms with van der Waals surface area (Å²) in [5, 5.41) is 0.0990. The van der Waals surface area contributed by atoms with Crippen molar-refractivity contribution in [3.63, 3.8) is 0 Å². The molecule has 0 saturated heterocycles. The molecule has 5 nitrogen and oxygen atoms in total. The normalized spacial score (nSPS) is 11.0. The number of alkyl halides is 3. The second-order valence-electron chi connectivity index (χ2n) is 3.85. The number of hydrogen-bond donors (Lipinski definition) is 2. The number of nitrogens with one attached hydrogen (secondary N) is 2. The Morgan fingerprint density at radius 3 is 2.48 bits per heavy atom. The molecule has 2 N–H and O–H groups in total. The largest absolute Gasteiger partial charge is 0.418 e. The van der Waals surface area contributed by atoms with Crippen LogP contribution in [0.2, 0.25) is 5.15 Å². The molecule has 1 aromatic heterocycles. The third-order valence-corrected chi connectivity index (χ3v) is 2.59. The average Bonchev–Trinajstić information content (AvgIpc) is 2.45. The van der Waals surface area contributed by atoms with Gasteiger partial charge in [0.1, 0.15) is 10.8 Å². The van der Waals surface area contributed by atoms with E-state index < -0.39 is 17.6 Å². The number of hydrogen-bond acceptors (Lipinski definition) is 4. The van der Waals surface area contributed by atoms with Gasteiger partial charge < -0.3 is 0 Å². The maximum atomic E-state index is 12.8. The molecule has 0 spiro atoms. The third kappa shape index (κ3) is 3.82. The first kappa shape index (κ1) is 15.0. The molecule has 21 heavy (non-hydrogen) atoms. The number of nitrogens with zero attached hydrogens (tertiary/aromatic N) is 2. The van der Waals surface area contributed by atoms with E-state index in [-0.39, 0.29) is 16.5 Å². The zero-order valence-electron chi connectivity index (χ0n) is 10.3. The predicted molar refractivity (Wildman–Crippen MR) is 69.6 cm³/mol. The molecular weight excluding hydrogens is 309 g/mol. The van der Waals surface area contributed by atoms with E-state index >= 15 is 0 Å². The van der Waals surface area contributed by atoms with Gasteiger partial charge in [0.2, 0.25) is 0 Å². The minimum absolute atomic E-state index is 0.0867. The molecule has 0 atom stereocenters. The number of hydrazine groups is 1. The van der Waals surface area contributed by atoms with Gasteiger partial charge in [-0.2, -0.15) is 13.2 Å². The smallest absolute Gasteiger partial charge is 0.298 e. The first-order valence-electron chi connectivity index (χ1n) is 5.58. The minimum Gasteiger partial charge on any atom is -0.298 e. The van der Waals surface area contributed by atoms with Crippen molar-refractivity contribution >= 4 is 23.2 Å². The van der Waals surface area contributed by atoms with E-state index in [2.05, 4.69) is 20.8 Å². The highest BCUT2D eigenvalue weighted by Crippen LogP contribution is 2.34. The van der Waals surface area contributed by atoms with Crippen LogP contribution in [0.3, 0.4) is 0 Å². The zero-order valence-corrected chi connectivity index (χ0v) is 11.0. The number of aromatic nitrogens is 2. The number of halogens is 4. The summed E-state index contributed by atoms with van der Waals surface area (Å²) >= 11 is 5.51. The Hall–Kier alpha value is -2.35. The molecule has 0 unspecified atom stereocenters. The number of carbonyl (C=O) groups is 1. The van der Waals surface area contributed by atoms with Crippen molar-refractivity contribution in [2.75, 3.05) is 5.43 Å². The summed E-state index contributed by atoms with van der Waals surface area (Å²) in [6.07, 6.45) is -2.27. The molecule has 1 aromatic carbocycles. The summed E-state index contributed by atoms with van der Waals surface area (Å²) in [4.78, 5) is 19.0. The van der Waals surface area contributed by atoms with E-state index in [0.717, 1.165) is 18.5 Å². The Morgan fingerprint density at radius 1 is 1.14 bits per heavy atom. The Balaban J connectivity index is 2.10. The first-order valence-corrected chi connectivity index (χ1v) is 5.96. The van der Waals surface area contributed by atoms with Crippen LogP contribution in [0.1, 0.15) is 16.1 Å². The third-order valence-electron chi connectivity index (χ3n) is 2.40.